The number of ether oxygens (including phenoxy) is 1. The van der Waals surface area contributed by atoms with Crippen molar-refractivity contribution in [1.82, 2.24) is 0 Å². The summed E-state index contributed by atoms with van der Waals surface area (Å²) in [6, 6.07) is 6.36. The molecule has 0 saturated heterocycles. The van der Waals surface area contributed by atoms with Gasteiger partial charge >= 0.3 is 0 Å². The van der Waals surface area contributed by atoms with Crippen LogP contribution in [0.3, 0.4) is 0 Å². The van der Waals surface area contributed by atoms with Crippen LogP contribution in [-0.2, 0) is 9.59 Å². The third-order valence-electron chi connectivity index (χ3n) is 2.71. The Bertz CT molecular complexity index is 471. The third kappa shape index (κ3) is 8.11. The Hall–Kier alpha value is -1.44. The van der Waals surface area contributed by atoms with E-state index in [1.807, 2.05) is 6.26 Å². The number of hydrogen-bond donors (Lipinski definition) is 3. The summed E-state index contributed by atoms with van der Waals surface area (Å²) in [5.74, 6) is 0.854. The molecule has 0 bridgehead atoms. The van der Waals surface area contributed by atoms with Crippen molar-refractivity contribution in [1.29, 1.82) is 0 Å². The molecule has 0 fully saturated rings. The molecule has 1 atom stereocenters. The van der Waals surface area contributed by atoms with Gasteiger partial charge in [0, 0.05) is 5.69 Å². The zero-order valence-corrected chi connectivity index (χ0v) is 14.0. The standard InChI is InChI=1S/C14H21N3O3S.ClH/c1-21-9-7-12(15)14(19)17-10-2-4-11(5-3-10)20-8-6-13(16)18;/h2-5,12H,6-9,15H2,1H3,(H2,16,18)(H,17,19);1H/t12-;/m0./s1. The summed E-state index contributed by atoms with van der Waals surface area (Å²) in [7, 11) is 0. The van der Waals surface area contributed by atoms with Crippen LogP contribution < -0.4 is 21.5 Å². The lowest BCUT2D eigenvalue weighted by molar-refractivity contribution is -0.118. The summed E-state index contributed by atoms with van der Waals surface area (Å²) in [5.41, 5.74) is 11.5. The van der Waals surface area contributed by atoms with Gasteiger partial charge in [0.05, 0.1) is 19.1 Å². The second-order valence-electron chi connectivity index (χ2n) is 4.47. The first-order chi connectivity index (χ1) is 10.0. The second-order valence-corrected chi connectivity index (χ2v) is 5.45. The van der Waals surface area contributed by atoms with Gasteiger partial charge in [0.2, 0.25) is 11.8 Å². The molecule has 0 unspecified atom stereocenters. The highest BCUT2D eigenvalue weighted by Gasteiger charge is 2.12. The molecule has 1 aromatic rings. The van der Waals surface area contributed by atoms with Crippen molar-refractivity contribution in [3.63, 3.8) is 0 Å². The highest BCUT2D eigenvalue weighted by atomic mass is 35.5. The molecule has 0 radical (unpaired) electrons. The molecule has 0 saturated carbocycles. The molecule has 1 rings (SSSR count). The monoisotopic (exact) mass is 347 g/mol. The van der Waals surface area contributed by atoms with Crippen molar-refractivity contribution in [3.8, 4) is 5.75 Å². The number of amides is 2. The fourth-order valence-electron chi connectivity index (χ4n) is 1.51. The molecule has 22 heavy (non-hydrogen) atoms. The van der Waals surface area contributed by atoms with E-state index in [4.69, 9.17) is 16.2 Å². The molecule has 0 aliphatic heterocycles. The SMILES string of the molecule is CSCC[C@H](N)C(=O)Nc1ccc(OCCC(N)=O)cc1.Cl. The van der Waals surface area contributed by atoms with Crippen LogP contribution in [0.2, 0.25) is 0 Å². The van der Waals surface area contributed by atoms with E-state index in [1.165, 1.54) is 0 Å². The number of benzene rings is 1. The first-order valence-electron chi connectivity index (χ1n) is 6.59. The van der Waals surface area contributed by atoms with E-state index in [9.17, 15) is 9.59 Å². The molecule has 0 aliphatic carbocycles. The quantitative estimate of drug-likeness (QED) is 0.625. The number of anilines is 1. The zero-order valence-electron chi connectivity index (χ0n) is 12.4. The number of thioether (sulfide) groups is 1. The van der Waals surface area contributed by atoms with Crippen LogP contribution in [0.25, 0.3) is 0 Å². The molecule has 124 valence electrons. The number of rotatable bonds is 9. The van der Waals surface area contributed by atoms with Crippen molar-refractivity contribution in [2.45, 2.75) is 18.9 Å². The molecule has 0 spiro atoms. The predicted octanol–water partition coefficient (Wildman–Crippen LogP) is 1.38. The summed E-state index contributed by atoms with van der Waals surface area (Å²) < 4.78 is 5.34. The van der Waals surface area contributed by atoms with E-state index in [2.05, 4.69) is 5.32 Å². The van der Waals surface area contributed by atoms with Crippen molar-refractivity contribution < 1.29 is 14.3 Å². The first-order valence-corrected chi connectivity index (χ1v) is 7.99. The van der Waals surface area contributed by atoms with E-state index < -0.39 is 11.9 Å². The second kappa shape index (κ2) is 11.2. The van der Waals surface area contributed by atoms with Gasteiger partial charge in [0.15, 0.2) is 0 Å². The van der Waals surface area contributed by atoms with Gasteiger partial charge in [0.1, 0.15) is 5.75 Å². The van der Waals surface area contributed by atoms with E-state index in [0.29, 0.717) is 17.9 Å². The maximum atomic E-state index is 11.8. The van der Waals surface area contributed by atoms with E-state index in [-0.39, 0.29) is 31.3 Å². The van der Waals surface area contributed by atoms with Crippen LogP contribution in [-0.4, -0.2) is 36.5 Å². The topological polar surface area (TPSA) is 107 Å². The number of nitrogens with one attached hydrogen (secondary N) is 1. The summed E-state index contributed by atoms with van der Waals surface area (Å²) in [5, 5.41) is 2.75. The lowest BCUT2D eigenvalue weighted by Crippen LogP contribution is -2.36. The van der Waals surface area contributed by atoms with Crippen LogP contribution in [0.1, 0.15) is 12.8 Å². The Morgan fingerprint density at radius 2 is 1.95 bits per heavy atom. The largest absolute Gasteiger partial charge is 0.493 e. The lowest BCUT2D eigenvalue weighted by Gasteiger charge is -2.12. The molecule has 2 amide bonds. The van der Waals surface area contributed by atoms with Gasteiger partial charge in [0.25, 0.3) is 0 Å². The Kier molecular flexibility index (Phi) is 10.4. The lowest BCUT2D eigenvalue weighted by atomic mass is 10.2. The number of hydrogen-bond acceptors (Lipinski definition) is 5. The van der Waals surface area contributed by atoms with Gasteiger partial charge in [-0.3, -0.25) is 9.59 Å². The van der Waals surface area contributed by atoms with Crippen LogP contribution in [0, 0.1) is 0 Å². The van der Waals surface area contributed by atoms with Crippen LogP contribution in [0.15, 0.2) is 24.3 Å². The summed E-state index contributed by atoms with van der Waals surface area (Å²) >= 11 is 1.66. The molecule has 5 N–H and O–H groups in total. The Balaban J connectivity index is 0.00000441. The summed E-state index contributed by atoms with van der Waals surface area (Å²) in [6.07, 6.45) is 2.78. The average molecular weight is 348 g/mol. The van der Waals surface area contributed by atoms with Crippen molar-refractivity contribution >= 4 is 41.7 Å². The van der Waals surface area contributed by atoms with Crippen molar-refractivity contribution in [2.24, 2.45) is 11.5 Å². The molecule has 0 aromatic heterocycles. The van der Waals surface area contributed by atoms with Crippen LogP contribution >= 0.6 is 24.2 Å². The minimum Gasteiger partial charge on any atom is -0.493 e. The van der Waals surface area contributed by atoms with Crippen molar-refractivity contribution in [3.05, 3.63) is 24.3 Å². The molecule has 1 aromatic carbocycles. The van der Waals surface area contributed by atoms with E-state index in [1.54, 1.807) is 36.0 Å². The van der Waals surface area contributed by atoms with E-state index >= 15 is 0 Å². The number of carbonyl (C=O) groups excluding carboxylic acids is 2. The molecule has 0 heterocycles. The van der Waals surface area contributed by atoms with E-state index in [0.717, 1.165) is 5.75 Å². The number of nitrogens with two attached hydrogens (primary N) is 2. The maximum Gasteiger partial charge on any atom is 0.241 e. The Morgan fingerprint density at radius 1 is 1.32 bits per heavy atom. The van der Waals surface area contributed by atoms with Gasteiger partial charge in [-0.25, -0.2) is 0 Å². The van der Waals surface area contributed by atoms with Crippen LogP contribution in [0.5, 0.6) is 5.75 Å². The minimum atomic E-state index is -0.510. The zero-order chi connectivity index (χ0) is 15.7. The Labute approximate surface area is 140 Å². The van der Waals surface area contributed by atoms with Crippen molar-refractivity contribution in [2.75, 3.05) is 23.9 Å². The fourth-order valence-corrected chi connectivity index (χ4v) is 2.00. The molecular weight excluding hydrogens is 326 g/mol. The smallest absolute Gasteiger partial charge is 0.241 e. The minimum absolute atomic E-state index is 0. The molecular formula is C14H22ClN3O3S. The van der Waals surface area contributed by atoms with Gasteiger partial charge in [-0.15, -0.1) is 12.4 Å². The normalized spacial score (nSPS) is 11.2. The average Bonchev–Trinajstić information content (AvgIpc) is 2.46. The highest BCUT2D eigenvalue weighted by Crippen LogP contribution is 2.16. The molecule has 6 nitrogen and oxygen atoms in total. The third-order valence-corrected chi connectivity index (χ3v) is 3.35. The number of halogens is 1. The van der Waals surface area contributed by atoms with Gasteiger partial charge in [-0.1, -0.05) is 0 Å². The molecule has 8 heteroatoms. The summed E-state index contributed by atoms with van der Waals surface area (Å²) in [6.45, 7) is 0.237. The van der Waals surface area contributed by atoms with Crippen LogP contribution in [0.4, 0.5) is 5.69 Å². The number of primary amides is 1. The Morgan fingerprint density at radius 3 is 2.50 bits per heavy atom. The first kappa shape index (κ1) is 20.6. The summed E-state index contributed by atoms with van der Waals surface area (Å²) in [4.78, 5) is 22.4. The molecule has 0 aliphatic rings. The highest BCUT2D eigenvalue weighted by molar-refractivity contribution is 7.98. The number of carbonyl (C=O) groups is 2. The predicted molar refractivity (Wildman–Crippen MR) is 92.6 cm³/mol. The van der Waals surface area contributed by atoms with Gasteiger partial charge in [-0.05, 0) is 42.7 Å². The van der Waals surface area contributed by atoms with Gasteiger partial charge < -0.3 is 21.5 Å². The maximum absolute atomic E-state index is 11.8. The fraction of sp³-hybridized carbons (Fsp3) is 0.429. The van der Waals surface area contributed by atoms with Gasteiger partial charge in [-0.2, -0.15) is 11.8 Å².